The normalized spacial score (nSPS) is 15.7. The Morgan fingerprint density at radius 3 is 1.07 bits per heavy atom. The van der Waals surface area contributed by atoms with Gasteiger partial charge in [0.05, 0.1) is 0 Å². The van der Waals surface area contributed by atoms with E-state index in [2.05, 4.69) is 0 Å². The van der Waals surface area contributed by atoms with Gasteiger partial charge in [0.2, 0.25) is 10.5 Å². The van der Waals surface area contributed by atoms with Gasteiger partial charge in [0, 0.05) is 11.8 Å². The van der Waals surface area contributed by atoms with Gasteiger partial charge in [-0.2, -0.15) is 0 Å². The average Bonchev–Trinajstić information content (AvgIpc) is 1.96. The summed E-state index contributed by atoms with van der Waals surface area (Å²) >= 11 is 10.9. The third-order valence-electron chi connectivity index (χ3n) is 2.35. The molecule has 4 heteroatoms. The van der Waals surface area contributed by atoms with Crippen molar-refractivity contribution in [2.24, 2.45) is 23.7 Å². The summed E-state index contributed by atoms with van der Waals surface area (Å²) in [5.74, 6) is -0.923. The van der Waals surface area contributed by atoms with Crippen molar-refractivity contribution in [3.8, 4) is 0 Å². The van der Waals surface area contributed by atoms with E-state index in [0.717, 1.165) is 0 Å². The molecule has 0 bridgehead atoms. The molecule has 2 atom stereocenters. The Morgan fingerprint density at radius 2 is 1.00 bits per heavy atom. The summed E-state index contributed by atoms with van der Waals surface area (Å²) in [6.07, 6.45) is 0. The maximum absolute atomic E-state index is 11.2. The van der Waals surface area contributed by atoms with Crippen molar-refractivity contribution in [3.63, 3.8) is 0 Å². The summed E-state index contributed by atoms with van der Waals surface area (Å²) in [6.45, 7) is 7.45. The van der Waals surface area contributed by atoms with Gasteiger partial charge in [0.15, 0.2) is 0 Å². The van der Waals surface area contributed by atoms with Gasteiger partial charge in [-0.25, -0.2) is 0 Å². The number of carbonyl (C=O) groups is 2. The summed E-state index contributed by atoms with van der Waals surface area (Å²) in [5, 5.41) is -0.958. The first-order valence-electron chi connectivity index (χ1n) is 4.67. The largest absolute Gasteiger partial charge is 0.281 e. The molecule has 0 radical (unpaired) electrons. The Kier molecular flexibility index (Phi) is 5.68. The average molecular weight is 239 g/mol. The first-order chi connectivity index (χ1) is 6.29. The molecule has 2 unspecified atom stereocenters. The summed E-state index contributed by atoms with van der Waals surface area (Å²) in [5.41, 5.74) is 0. The van der Waals surface area contributed by atoms with E-state index in [4.69, 9.17) is 23.2 Å². The Labute approximate surface area is 95.0 Å². The first kappa shape index (κ1) is 13.9. The molecule has 0 aromatic heterocycles. The highest BCUT2D eigenvalue weighted by Crippen LogP contribution is 2.31. The van der Waals surface area contributed by atoms with Crippen LogP contribution in [0.1, 0.15) is 27.7 Å². The Morgan fingerprint density at radius 1 is 0.786 bits per heavy atom. The van der Waals surface area contributed by atoms with Crippen molar-refractivity contribution in [1.82, 2.24) is 0 Å². The Bertz CT molecular complexity index is 200. The van der Waals surface area contributed by atoms with Crippen molar-refractivity contribution >= 4 is 33.7 Å². The van der Waals surface area contributed by atoms with Gasteiger partial charge in [0.25, 0.3) is 0 Å². The van der Waals surface area contributed by atoms with Crippen molar-refractivity contribution < 1.29 is 9.59 Å². The molecule has 0 aromatic carbocycles. The summed E-state index contributed by atoms with van der Waals surface area (Å²) in [6, 6.07) is 0. The molecule has 0 aliphatic carbocycles. The fraction of sp³-hybridized carbons (Fsp3) is 0.800. The molecule has 14 heavy (non-hydrogen) atoms. The topological polar surface area (TPSA) is 34.1 Å². The van der Waals surface area contributed by atoms with Crippen LogP contribution in [-0.2, 0) is 9.59 Å². The fourth-order valence-electron chi connectivity index (χ4n) is 1.64. The molecule has 0 aliphatic heterocycles. The molecule has 0 saturated carbocycles. The highest BCUT2D eigenvalue weighted by molar-refractivity contribution is 6.66. The van der Waals surface area contributed by atoms with E-state index < -0.39 is 22.3 Å². The highest BCUT2D eigenvalue weighted by atomic mass is 35.5. The van der Waals surface area contributed by atoms with Crippen LogP contribution >= 0.6 is 23.2 Å². The van der Waals surface area contributed by atoms with E-state index in [1.807, 2.05) is 27.7 Å². The number of rotatable bonds is 5. The number of carbonyl (C=O) groups excluding carboxylic acids is 2. The van der Waals surface area contributed by atoms with Crippen LogP contribution in [0.15, 0.2) is 0 Å². The number of halogens is 2. The Hall–Kier alpha value is -0.0800. The molecular formula is C10H16Cl2O2. The van der Waals surface area contributed by atoms with Crippen molar-refractivity contribution in [3.05, 3.63) is 0 Å². The van der Waals surface area contributed by atoms with Crippen LogP contribution < -0.4 is 0 Å². The predicted molar refractivity (Wildman–Crippen MR) is 58.4 cm³/mol. The maximum Gasteiger partial charge on any atom is 0.225 e. The molecule has 0 spiro atoms. The zero-order valence-electron chi connectivity index (χ0n) is 8.88. The minimum atomic E-state index is -0.485. The predicted octanol–water partition coefficient (Wildman–Crippen LogP) is 3.06. The number of hydrogen-bond donors (Lipinski definition) is 0. The second-order valence-electron chi connectivity index (χ2n) is 4.15. The van der Waals surface area contributed by atoms with Gasteiger partial charge in [0.1, 0.15) is 0 Å². The van der Waals surface area contributed by atoms with Crippen molar-refractivity contribution in [2.75, 3.05) is 0 Å². The smallest absolute Gasteiger partial charge is 0.225 e. The second kappa shape index (κ2) is 5.72. The van der Waals surface area contributed by atoms with Crippen LogP contribution in [-0.4, -0.2) is 10.5 Å². The van der Waals surface area contributed by atoms with Crippen molar-refractivity contribution in [1.29, 1.82) is 0 Å². The summed E-state index contributed by atoms with van der Waals surface area (Å²) in [7, 11) is 0. The Balaban J connectivity index is 4.93. The van der Waals surface area contributed by atoms with E-state index in [1.54, 1.807) is 0 Å². The van der Waals surface area contributed by atoms with Gasteiger partial charge in [-0.1, -0.05) is 27.7 Å². The van der Waals surface area contributed by atoms with E-state index in [9.17, 15) is 9.59 Å². The van der Waals surface area contributed by atoms with Crippen LogP contribution in [0.3, 0.4) is 0 Å². The van der Waals surface area contributed by atoms with E-state index in [1.165, 1.54) is 0 Å². The molecule has 0 aliphatic rings. The van der Waals surface area contributed by atoms with Crippen LogP contribution in [0.25, 0.3) is 0 Å². The molecule has 0 fully saturated rings. The van der Waals surface area contributed by atoms with Gasteiger partial charge < -0.3 is 0 Å². The first-order valence-corrected chi connectivity index (χ1v) is 5.43. The highest BCUT2D eigenvalue weighted by Gasteiger charge is 2.36. The molecule has 0 saturated heterocycles. The zero-order valence-corrected chi connectivity index (χ0v) is 10.4. The lowest BCUT2D eigenvalue weighted by Crippen LogP contribution is -2.33. The molecule has 2 nitrogen and oxygen atoms in total. The molecule has 0 heterocycles. The third-order valence-corrected chi connectivity index (χ3v) is 2.85. The SMILES string of the molecule is CC(C)C(C(=O)Cl)C(C(=O)Cl)C(C)C. The van der Waals surface area contributed by atoms with Gasteiger partial charge in [-0.05, 0) is 35.0 Å². The van der Waals surface area contributed by atoms with Crippen molar-refractivity contribution in [2.45, 2.75) is 27.7 Å². The van der Waals surface area contributed by atoms with E-state index >= 15 is 0 Å². The van der Waals surface area contributed by atoms with Gasteiger partial charge >= 0.3 is 0 Å². The fourth-order valence-corrected chi connectivity index (χ4v) is 2.41. The maximum atomic E-state index is 11.2. The third kappa shape index (κ3) is 3.58. The lowest BCUT2D eigenvalue weighted by atomic mass is 9.79. The summed E-state index contributed by atoms with van der Waals surface area (Å²) in [4.78, 5) is 22.4. The minimum absolute atomic E-state index is 0.0232. The molecule has 0 rings (SSSR count). The second-order valence-corrected chi connectivity index (χ2v) is 4.89. The van der Waals surface area contributed by atoms with Crippen LogP contribution in [0.2, 0.25) is 0 Å². The van der Waals surface area contributed by atoms with E-state index in [-0.39, 0.29) is 11.8 Å². The summed E-state index contributed by atoms with van der Waals surface area (Å²) < 4.78 is 0. The van der Waals surface area contributed by atoms with Gasteiger partial charge in [-0.3, -0.25) is 9.59 Å². The van der Waals surface area contributed by atoms with Gasteiger partial charge in [-0.15, -0.1) is 0 Å². The lowest BCUT2D eigenvalue weighted by molar-refractivity contribution is -0.127. The lowest BCUT2D eigenvalue weighted by Gasteiger charge is -2.27. The van der Waals surface area contributed by atoms with Crippen LogP contribution in [0, 0.1) is 23.7 Å². The molecule has 0 amide bonds. The number of hydrogen-bond acceptors (Lipinski definition) is 2. The van der Waals surface area contributed by atoms with Crippen LogP contribution in [0.4, 0.5) is 0 Å². The zero-order chi connectivity index (χ0) is 11.5. The minimum Gasteiger partial charge on any atom is -0.281 e. The quantitative estimate of drug-likeness (QED) is 0.691. The molecular weight excluding hydrogens is 223 g/mol. The monoisotopic (exact) mass is 238 g/mol. The standard InChI is InChI=1S/C10H16Cl2O2/c1-5(2)7(9(11)13)8(6(3)4)10(12)14/h5-8H,1-4H3. The molecule has 0 N–H and O–H groups in total. The van der Waals surface area contributed by atoms with E-state index in [0.29, 0.717) is 0 Å². The molecule has 82 valence electrons. The van der Waals surface area contributed by atoms with Crippen LogP contribution in [0.5, 0.6) is 0 Å². The molecule has 0 aromatic rings.